The van der Waals surface area contributed by atoms with Crippen LogP contribution in [0.4, 0.5) is 17.3 Å². The summed E-state index contributed by atoms with van der Waals surface area (Å²) in [5.74, 6) is 0.292. The third-order valence-corrected chi connectivity index (χ3v) is 7.30. The van der Waals surface area contributed by atoms with Crippen molar-refractivity contribution < 1.29 is 14.7 Å². The maximum absolute atomic E-state index is 13.0. The van der Waals surface area contributed by atoms with Crippen molar-refractivity contribution in [1.82, 2.24) is 14.9 Å². The molecule has 4 rings (SSSR count). The number of hydrogen-bond donors (Lipinski definition) is 4. The largest absolute Gasteiger partial charge is 0.390 e. The van der Waals surface area contributed by atoms with E-state index in [2.05, 4.69) is 15.6 Å². The summed E-state index contributed by atoms with van der Waals surface area (Å²) in [5.41, 5.74) is 8.00. The van der Waals surface area contributed by atoms with E-state index in [-0.39, 0.29) is 23.5 Å². The molecular formula is C27H38N6O3. The number of nitrogens with two attached hydrogens (primary N) is 1. The molecule has 1 saturated heterocycles. The topological polar surface area (TPSA) is 133 Å². The first-order valence-corrected chi connectivity index (χ1v) is 13.0. The standard InChI is InChI=1S/C27H38N6O3/c1-4-21-24(29-18-10-12-27(3,36)13-11-18)32-25(22(31-21)23(28)34)30-19-8-9-20(17(2)16-19)26(35)33-14-6-5-7-15-33/h8-9,16,18,36H,4-7,10-15H2,1-3H3,(H2,28,34)(H2,29,30,32)/t18-,27+. The number of primary amides is 1. The molecule has 0 atom stereocenters. The number of benzene rings is 1. The highest BCUT2D eigenvalue weighted by molar-refractivity contribution is 5.98. The van der Waals surface area contributed by atoms with Gasteiger partial charge in [-0.15, -0.1) is 0 Å². The SMILES string of the molecule is CCc1nc(C(N)=O)c(Nc2ccc(C(=O)N3CCCCC3)c(C)c2)nc1N[C@H]1CC[C@@](C)(O)CC1. The van der Waals surface area contributed by atoms with E-state index in [0.29, 0.717) is 42.0 Å². The minimum absolute atomic E-state index is 0.0570. The first-order valence-electron chi connectivity index (χ1n) is 13.0. The molecule has 1 aromatic carbocycles. The Morgan fingerprint density at radius 3 is 2.44 bits per heavy atom. The highest BCUT2D eigenvalue weighted by Crippen LogP contribution is 2.31. The van der Waals surface area contributed by atoms with E-state index >= 15 is 0 Å². The van der Waals surface area contributed by atoms with Gasteiger partial charge in [0.15, 0.2) is 11.5 Å². The minimum atomic E-state index is -0.659. The Morgan fingerprint density at radius 2 is 1.83 bits per heavy atom. The number of anilines is 3. The number of aliphatic hydroxyl groups is 1. The van der Waals surface area contributed by atoms with E-state index in [1.54, 1.807) is 0 Å². The smallest absolute Gasteiger partial charge is 0.271 e. The monoisotopic (exact) mass is 494 g/mol. The van der Waals surface area contributed by atoms with E-state index in [1.165, 1.54) is 6.42 Å². The molecule has 9 heteroatoms. The van der Waals surface area contributed by atoms with Crippen molar-refractivity contribution in [2.24, 2.45) is 5.73 Å². The fourth-order valence-electron chi connectivity index (χ4n) is 5.05. The molecule has 2 fully saturated rings. The van der Waals surface area contributed by atoms with Gasteiger partial charge in [0.25, 0.3) is 11.8 Å². The fraction of sp³-hybridized carbons (Fsp3) is 0.556. The van der Waals surface area contributed by atoms with Crippen LogP contribution in [0, 0.1) is 6.92 Å². The number of likely N-dealkylation sites (tertiary alicyclic amines) is 1. The maximum Gasteiger partial charge on any atom is 0.271 e. The zero-order valence-corrected chi connectivity index (χ0v) is 21.6. The Bertz CT molecular complexity index is 1120. The molecule has 2 amide bonds. The van der Waals surface area contributed by atoms with Crippen molar-refractivity contribution in [3.8, 4) is 0 Å². The molecule has 2 heterocycles. The fourth-order valence-corrected chi connectivity index (χ4v) is 5.05. The second-order valence-corrected chi connectivity index (χ2v) is 10.4. The summed E-state index contributed by atoms with van der Waals surface area (Å²) in [7, 11) is 0. The van der Waals surface area contributed by atoms with E-state index in [9.17, 15) is 14.7 Å². The van der Waals surface area contributed by atoms with Crippen molar-refractivity contribution in [2.45, 2.75) is 83.8 Å². The Balaban J connectivity index is 1.57. The highest BCUT2D eigenvalue weighted by Gasteiger charge is 2.29. The quantitative estimate of drug-likeness (QED) is 0.458. The second kappa shape index (κ2) is 10.8. The van der Waals surface area contributed by atoms with Crippen molar-refractivity contribution in [1.29, 1.82) is 0 Å². The molecule has 36 heavy (non-hydrogen) atoms. The summed E-state index contributed by atoms with van der Waals surface area (Å²) in [5, 5.41) is 17.0. The molecule has 2 aromatic rings. The number of nitrogens with zero attached hydrogens (tertiary/aromatic N) is 3. The van der Waals surface area contributed by atoms with Gasteiger partial charge in [0, 0.05) is 30.4 Å². The summed E-state index contributed by atoms with van der Waals surface area (Å²) in [6, 6.07) is 5.69. The van der Waals surface area contributed by atoms with Gasteiger partial charge < -0.3 is 26.4 Å². The molecule has 1 saturated carbocycles. The van der Waals surface area contributed by atoms with Gasteiger partial charge in [-0.05, 0) is 89.0 Å². The second-order valence-electron chi connectivity index (χ2n) is 10.4. The van der Waals surface area contributed by atoms with Crippen molar-refractivity contribution in [3.05, 3.63) is 40.7 Å². The van der Waals surface area contributed by atoms with Crippen LogP contribution in [-0.2, 0) is 6.42 Å². The van der Waals surface area contributed by atoms with E-state index in [0.717, 1.165) is 44.3 Å². The van der Waals surface area contributed by atoms with Crippen LogP contribution < -0.4 is 16.4 Å². The van der Waals surface area contributed by atoms with Crippen molar-refractivity contribution in [3.63, 3.8) is 0 Å². The van der Waals surface area contributed by atoms with Gasteiger partial charge in [0.2, 0.25) is 0 Å². The first kappa shape index (κ1) is 25.9. The molecule has 0 radical (unpaired) electrons. The highest BCUT2D eigenvalue weighted by atomic mass is 16.3. The van der Waals surface area contributed by atoms with Crippen molar-refractivity contribution >= 4 is 29.1 Å². The van der Waals surface area contributed by atoms with Gasteiger partial charge in [-0.3, -0.25) is 9.59 Å². The van der Waals surface area contributed by atoms with Gasteiger partial charge in [-0.1, -0.05) is 6.92 Å². The van der Waals surface area contributed by atoms with Gasteiger partial charge in [-0.2, -0.15) is 0 Å². The molecule has 1 aliphatic heterocycles. The van der Waals surface area contributed by atoms with E-state index in [4.69, 9.17) is 10.7 Å². The predicted octanol–water partition coefficient (Wildman–Crippen LogP) is 3.92. The number of carbonyl (C=O) groups is 2. The summed E-state index contributed by atoms with van der Waals surface area (Å²) in [6.45, 7) is 7.34. The number of aromatic nitrogens is 2. The van der Waals surface area contributed by atoms with Gasteiger partial charge in [-0.25, -0.2) is 9.97 Å². The van der Waals surface area contributed by atoms with Crippen LogP contribution in [0.5, 0.6) is 0 Å². The lowest BCUT2D eigenvalue weighted by molar-refractivity contribution is 0.0196. The minimum Gasteiger partial charge on any atom is -0.390 e. The van der Waals surface area contributed by atoms with Crippen LogP contribution in [0.25, 0.3) is 0 Å². The number of aryl methyl sites for hydroxylation is 2. The third-order valence-electron chi connectivity index (χ3n) is 7.30. The van der Waals surface area contributed by atoms with Crippen LogP contribution >= 0.6 is 0 Å². The van der Waals surface area contributed by atoms with Crippen LogP contribution in [0.15, 0.2) is 18.2 Å². The molecule has 1 aliphatic carbocycles. The number of amides is 2. The zero-order valence-electron chi connectivity index (χ0n) is 21.6. The Hall–Kier alpha value is -3.20. The lowest BCUT2D eigenvalue weighted by Gasteiger charge is -2.34. The molecule has 5 N–H and O–H groups in total. The lowest BCUT2D eigenvalue weighted by atomic mass is 9.83. The maximum atomic E-state index is 13.0. The Morgan fingerprint density at radius 1 is 1.14 bits per heavy atom. The summed E-state index contributed by atoms with van der Waals surface area (Å²) in [6.07, 6.45) is 6.93. The molecule has 0 bridgehead atoms. The van der Waals surface area contributed by atoms with Gasteiger partial charge >= 0.3 is 0 Å². The van der Waals surface area contributed by atoms with Gasteiger partial charge in [0.1, 0.15) is 5.82 Å². The molecular weight excluding hydrogens is 456 g/mol. The molecule has 1 aromatic heterocycles. The Labute approximate surface area is 212 Å². The normalized spacial score (nSPS) is 22.2. The zero-order chi connectivity index (χ0) is 25.9. The summed E-state index contributed by atoms with van der Waals surface area (Å²) in [4.78, 5) is 36.4. The Kier molecular flexibility index (Phi) is 7.78. The van der Waals surface area contributed by atoms with Crippen LogP contribution in [0.1, 0.15) is 90.9 Å². The molecule has 9 nitrogen and oxygen atoms in total. The first-order chi connectivity index (χ1) is 17.2. The van der Waals surface area contributed by atoms with Gasteiger partial charge in [0.05, 0.1) is 11.3 Å². The van der Waals surface area contributed by atoms with E-state index < -0.39 is 11.5 Å². The predicted molar refractivity (Wildman–Crippen MR) is 141 cm³/mol. The van der Waals surface area contributed by atoms with Crippen LogP contribution in [0.2, 0.25) is 0 Å². The summed E-state index contributed by atoms with van der Waals surface area (Å²) >= 11 is 0. The molecule has 0 spiro atoms. The van der Waals surface area contributed by atoms with Crippen LogP contribution in [0.3, 0.4) is 0 Å². The number of piperidine rings is 1. The summed E-state index contributed by atoms with van der Waals surface area (Å²) < 4.78 is 0. The van der Waals surface area contributed by atoms with E-state index in [1.807, 2.05) is 43.9 Å². The molecule has 2 aliphatic rings. The average molecular weight is 495 g/mol. The number of carbonyl (C=O) groups excluding carboxylic acids is 2. The third kappa shape index (κ3) is 5.95. The number of hydrogen-bond acceptors (Lipinski definition) is 7. The van der Waals surface area contributed by atoms with Crippen molar-refractivity contribution in [2.75, 3.05) is 23.7 Å². The number of rotatable bonds is 7. The average Bonchev–Trinajstić information content (AvgIpc) is 2.85. The van der Waals surface area contributed by atoms with Crippen LogP contribution in [-0.4, -0.2) is 56.5 Å². The molecule has 0 unspecified atom stereocenters. The number of nitrogens with one attached hydrogen (secondary N) is 2. The molecule has 194 valence electrons. The lowest BCUT2D eigenvalue weighted by Crippen LogP contribution is -2.36.